The second-order valence-electron chi connectivity index (χ2n) is 6.24. The lowest BCUT2D eigenvalue weighted by Crippen LogP contribution is -2.58. The van der Waals surface area contributed by atoms with Crippen LogP contribution in [0.1, 0.15) is 59.3 Å². The smallest absolute Gasteiger partial charge is 0.243 e. The van der Waals surface area contributed by atoms with Gasteiger partial charge in [0.2, 0.25) is 5.91 Å². The predicted molar refractivity (Wildman–Crippen MR) is 69.9 cm³/mol. The Kier molecular flexibility index (Phi) is 3.48. The van der Waals surface area contributed by atoms with E-state index >= 15 is 0 Å². The molecule has 0 bridgehead atoms. The Morgan fingerprint density at radius 2 is 2.06 bits per heavy atom. The van der Waals surface area contributed by atoms with E-state index in [4.69, 9.17) is 0 Å². The number of rotatable bonds is 3. The van der Waals surface area contributed by atoms with Gasteiger partial charge in [-0.25, -0.2) is 0 Å². The molecule has 98 valence electrons. The van der Waals surface area contributed by atoms with E-state index < -0.39 is 0 Å². The molecule has 0 saturated carbocycles. The summed E-state index contributed by atoms with van der Waals surface area (Å²) in [6.45, 7) is 8.52. The van der Waals surface area contributed by atoms with Crippen LogP contribution in [0.5, 0.6) is 0 Å². The molecule has 17 heavy (non-hydrogen) atoms. The highest BCUT2D eigenvalue weighted by Crippen LogP contribution is 2.34. The summed E-state index contributed by atoms with van der Waals surface area (Å²) < 4.78 is 0. The van der Waals surface area contributed by atoms with Gasteiger partial charge in [-0.1, -0.05) is 13.3 Å². The van der Waals surface area contributed by atoms with Crippen LogP contribution in [-0.2, 0) is 4.79 Å². The van der Waals surface area contributed by atoms with Gasteiger partial charge in [0.25, 0.3) is 0 Å². The molecule has 1 atom stereocenters. The van der Waals surface area contributed by atoms with Gasteiger partial charge in [0.05, 0.1) is 5.54 Å². The van der Waals surface area contributed by atoms with E-state index in [0.717, 1.165) is 51.6 Å². The highest BCUT2D eigenvalue weighted by molar-refractivity contribution is 5.87. The molecular formula is C14H26N2O. The summed E-state index contributed by atoms with van der Waals surface area (Å²) in [6, 6.07) is 0. The molecule has 1 amide bonds. The van der Waals surface area contributed by atoms with Gasteiger partial charge >= 0.3 is 0 Å². The van der Waals surface area contributed by atoms with Crippen LogP contribution in [0.25, 0.3) is 0 Å². The molecule has 1 unspecified atom stereocenters. The van der Waals surface area contributed by atoms with E-state index in [1.807, 2.05) is 0 Å². The maximum Gasteiger partial charge on any atom is 0.243 e. The first-order chi connectivity index (χ1) is 8.02. The van der Waals surface area contributed by atoms with Crippen LogP contribution in [0.4, 0.5) is 0 Å². The van der Waals surface area contributed by atoms with E-state index in [-0.39, 0.29) is 11.1 Å². The normalized spacial score (nSPS) is 32.1. The molecule has 2 saturated heterocycles. The highest BCUT2D eigenvalue weighted by atomic mass is 16.2. The van der Waals surface area contributed by atoms with Gasteiger partial charge in [-0.15, -0.1) is 0 Å². The topological polar surface area (TPSA) is 32.3 Å². The van der Waals surface area contributed by atoms with Gasteiger partial charge < -0.3 is 10.2 Å². The van der Waals surface area contributed by atoms with Crippen molar-refractivity contribution < 1.29 is 4.79 Å². The standard InChI is InChI=1S/C14H26N2O/c1-4-7-14(9-5-10-15-14)12(17)16-11-6-8-13(16,2)3/h15H,4-11H2,1-3H3. The van der Waals surface area contributed by atoms with Crippen molar-refractivity contribution >= 4 is 5.91 Å². The monoisotopic (exact) mass is 238 g/mol. The molecule has 0 aromatic rings. The fourth-order valence-electron chi connectivity index (χ4n) is 3.48. The SMILES string of the molecule is CCCC1(C(=O)N2CCCC2(C)C)CCCN1. The van der Waals surface area contributed by atoms with Crippen molar-refractivity contribution in [2.45, 2.75) is 70.4 Å². The van der Waals surface area contributed by atoms with Crippen molar-refractivity contribution in [2.75, 3.05) is 13.1 Å². The first-order valence-electron chi connectivity index (χ1n) is 7.09. The van der Waals surface area contributed by atoms with Crippen LogP contribution in [0, 0.1) is 0 Å². The molecular weight excluding hydrogens is 212 g/mol. The van der Waals surface area contributed by atoms with Crippen molar-refractivity contribution in [3.05, 3.63) is 0 Å². The van der Waals surface area contributed by atoms with Crippen LogP contribution in [-0.4, -0.2) is 35.0 Å². The number of amides is 1. The third-order valence-corrected chi connectivity index (χ3v) is 4.48. The van der Waals surface area contributed by atoms with E-state index in [2.05, 4.69) is 31.0 Å². The van der Waals surface area contributed by atoms with Crippen molar-refractivity contribution in [2.24, 2.45) is 0 Å². The average Bonchev–Trinajstić information content (AvgIpc) is 2.85. The lowest BCUT2D eigenvalue weighted by atomic mass is 9.88. The maximum absolute atomic E-state index is 12.8. The summed E-state index contributed by atoms with van der Waals surface area (Å²) in [4.78, 5) is 15.0. The number of nitrogens with one attached hydrogen (secondary N) is 1. The Balaban J connectivity index is 2.17. The van der Waals surface area contributed by atoms with Gasteiger partial charge in [0.1, 0.15) is 0 Å². The zero-order chi connectivity index (χ0) is 12.5. The Morgan fingerprint density at radius 1 is 1.29 bits per heavy atom. The number of carbonyl (C=O) groups excluding carboxylic acids is 1. The zero-order valence-corrected chi connectivity index (χ0v) is 11.5. The van der Waals surface area contributed by atoms with Gasteiger partial charge in [-0.05, 0) is 52.5 Å². The van der Waals surface area contributed by atoms with Gasteiger partial charge in [-0.3, -0.25) is 4.79 Å². The van der Waals surface area contributed by atoms with Crippen molar-refractivity contribution in [1.82, 2.24) is 10.2 Å². The Hall–Kier alpha value is -0.570. The number of likely N-dealkylation sites (tertiary alicyclic amines) is 1. The van der Waals surface area contributed by atoms with Crippen LogP contribution >= 0.6 is 0 Å². The summed E-state index contributed by atoms with van der Waals surface area (Å²) in [6.07, 6.45) is 6.51. The fraction of sp³-hybridized carbons (Fsp3) is 0.929. The third kappa shape index (κ3) is 2.22. The predicted octanol–water partition coefficient (Wildman–Crippen LogP) is 2.31. The van der Waals surface area contributed by atoms with Gasteiger partial charge in [-0.2, -0.15) is 0 Å². The van der Waals surface area contributed by atoms with E-state index in [0.29, 0.717) is 5.91 Å². The van der Waals surface area contributed by atoms with Crippen molar-refractivity contribution in [3.63, 3.8) is 0 Å². The molecule has 2 fully saturated rings. The summed E-state index contributed by atoms with van der Waals surface area (Å²) >= 11 is 0. The number of hydrogen-bond donors (Lipinski definition) is 1. The zero-order valence-electron chi connectivity index (χ0n) is 11.5. The van der Waals surface area contributed by atoms with Gasteiger partial charge in [0.15, 0.2) is 0 Å². The van der Waals surface area contributed by atoms with Crippen LogP contribution in [0.2, 0.25) is 0 Å². The van der Waals surface area contributed by atoms with Crippen LogP contribution in [0.3, 0.4) is 0 Å². The molecule has 2 rings (SSSR count). The molecule has 2 aliphatic heterocycles. The lowest BCUT2D eigenvalue weighted by Gasteiger charge is -2.39. The molecule has 1 N–H and O–H groups in total. The van der Waals surface area contributed by atoms with E-state index in [1.165, 1.54) is 0 Å². The minimum atomic E-state index is -0.240. The number of hydrogen-bond acceptors (Lipinski definition) is 2. The molecule has 2 heterocycles. The van der Waals surface area contributed by atoms with E-state index in [9.17, 15) is 4.79 Å². The first-order valence-corrected chi connectivity index (χ1v) is 7.09. The Labute approximate surface area is 105 Å². The van der Waals surface area contributed by atoms with E-state index in [1.54, 1.807) is 0 Å². The van der Waals surface area contributed by atoms with Crippen molar-refractivity contribution in [1.29, 1.82) is 0 Å². The van der Waals surface area contributed by atoms with Crippen LogP contribution in [0.15, 0.2) is 0 Å². The molecule has 3 heteroatoms. The first kappa shape index (κ1) is 12.9. The highest BCUT2D eigenvalue weighted by Gasteiger charge is 2.47. The van der Waals surface area contributed by atoms with Crippen LogP contribution < -0.4 is 5.32 Å². The number of nitrogens with zero attached hydrogens (tertiary/aromatic N) is 1. The number of carbonyl (C=O) groups is 1. The largest absolute Gasteiger partial charge is 0.336 e. The Morgan fingerprint density at radius 3 is 2.53 bits per heavy atom. The summed E-state index contributed by atoms with van der Waals surface area (Å²) in [5.74, 6) is 0.361. The fourth-order valence-corrected chi connectivity index (χ4v) is 3.48. The molecule has 2 aliphatic rings. The molecule has 0 spiro atoms. The second kappa shape index (κ2) is 4.60. The molecule has 0 aromatic carbocycles. The molecule has 0 aliphatic carbocycles. The second-order valence-corrected chi connectivity index (χ2v) is 6.24. The van der Waals surface area contributed by atoms with Crippen molar-refractivity contribution in [3.8, 4) is 0 Å². The average molecular weight is 238 g/mol. The molecule has 0 aromatic heterocycles. The summed E-state index contributed by atoms with van der Waals surface area (Å²) in [5.41, 5.74) is -0.182. The molecule has 3 nitrogen and oxygen atoms in total. The minimum Gasteiger partial charge on any atom is -0.336 e. The summed E-state index contributed by atoms with van der Waals surface area (Å²) in [7, 11) is 0. The van der Waals surface area contributed by atoms with Gasteiger partial charge in [0, 0.05) is 12.1 Å². The lowest BCUT2D eigenvalue weighted by molar-refractivity contribution is -0.141. The quantitative estimate of drug-likeness (QED) is 0.818. The molecule has 0 radical (unpaired) electrons. The Bertz CT molecular complexity index is 293. The maximum atomic E-state index is 12.8. The minimum absolute atomic E-state index is 0.0576. The summed E-state index contributed by atoms with van der Waals surface area (Å²) in [5, 5.41) is 3.49. The third-order valence-electron chi connectivity index (χ3n) is 4.48.